The Morgan fingerprint density at radius 1 is 1.29 bits per heavy atom. The van der Waals surface area contributed by atoms with Crippen LogP contribution >= 0.6 is 11.8 Å². The van der Waals surface area contributed by atoms with Crippen LogP contribution in [-0.2, 0) is 9.53 Å². The number of thioether (sulfide) groups is 1. The van der Waals surface area contributed by atoms with E-state index in [2.05, 4.69) is 0 Å². The van der Waals surface area contributed by atoms with Gasteiger partial charge < -0.3 is 10.1 Å². The van der Waals surface area contributed by atoms with Crippen molar-refractivity contribution in [1.82, 2.24) is 5.32 Å². The van der Waals surface area contributed by atoms with Gasteiger partial charge in [0.25, 0.3) is 0 Å². The van der Waals surface area contributed by atoms with E-state index in [1.54, 1.807) is 30.3 Å². The number of benzene rings is 1. The molecule has 0 bridgehead atoms. The number of carbonyl (C=O) groups is 1. The van der Waals surface area contributed by atoms with Crippen molar-refractivity contribution >= 4 is 23.7 Å². The fourth-order valence-corrected chi connectivity index (χ4v) is 2.85. The largest absolute Gasteiger partial charge is 0.471 e. The summed E-state index contributed by atoms with van der Waals surface area (Å²) in [6.07, 6.45) is 1.64. The number of amides is 1. The van der Waals surface area contributed by atoms with Gasteiger partial charge in [0.2, 0.25) is 0 Å². The van der Waals surface area contributed by atoms with Gasteiger partial charge >= 0.3 is 12.1 Å². The number of alkyl halides is 3. The maximum atomic E-state index is 12.0. The molecule has 0 aromatic heterocycles. The number of unbranched alkanes of at least 4 members (excludes halogenated alkanes) is 2. The Morgan fingerprint density at radius 2 is 2.08 bits per heavy atom. The first kappa shape index (κ1) is 20.6. The topological polar surface area (TPSA) is 38.3 Å². The standard InChI is InChI=1S/C17H22F3NO2S/c1-23-11-3-2-4-12-24-15-9-5-7-14(13-15)8-6-10-21-16(22)17(18,19)20/h5-9,13H,2-4,10-12H2,1H3,(H,21,22). The van der Waals surface area contributed by atoms with Crippen molar-refractivity contribution in [2.24, 2.45) is 0 Å². The minimum atomic E-state index is -4.84. The summed E-state index contributed by atoms with van der Waals surface area (Å²) in [5.41, 5.74) is 0.889. The zero-order chi connectivity index (χ0) is 17.8. The van der Waals surface area contributed by atoms with Crippen LogP contribution in [0.4, 0.5) is 13.2 Å². The average molecular weight is 361 g/mol. The molecule has 1 amide bonds. The monoisotopic (exact) mass is 361 g/mol. The molecule has 0 spiro atoms. The molecule has 0 aliphatic rings. The highest BCUT2D eigenvalue weighted by Gasteiger charge is 2.37. The van der Waals surface area contributed by atoms with Crippen molar-refractivity contribution in [3.63, 3.8) is 0 Å². The van der Waals surface area contributed by atoms with Crippen molar-refractivity contribution in [2.75, 3.05) is 26.0 Å². The zero-order valence-corrected chi connectivity index (χ0v) is 14.4. The molecule has 0 aliphatic carbocycles. The first-order valence-corrected chi connectivity index (χ1v) is 8.65. The number of hydrogen-bond acceptors (Lipinski definition) is 3. The fraction of sp³-hybridized carbons (Fsp3) is 0.471. The number of ether oxygens (including phenoxy) is 1. The third kappa shape index (κ3) is 8.98. The Hall–Kier alpha value is -1.47. The van der Waals surface area contributed by atoms with E-state index in [1.165, 1.54) is 6.08 Å². The number of halogens is 3. The molecule has 0 unspecified atom stereocenters. The first-order chi connectivity index (χ1) is 11.4. The lowest BCUT2D eigenvalue weighted by Gasteiger charge is -2.05. The Labute approximate surface area is 144 Å². The van der Waals surface area contributed by atoms with Crippen molar-refractivity contribution < 1.29 is 22.7 Å². The molecule has 3 nitrogen and oxygen atoms in total. The highest BCUT2D eigenvalue weighted by Crippen LogP contribution is 2.21. The average Bonchev–Trinajstić information content (AvgIpc) is 2.54. The second-order valence-corrected chi connectivity index (χ2v) is 6.25. The number of rotatable bonds is 10. The second kappa shape index (κ2) is 11.1. The van der Waals surface area contributed by atoms with E-state index in [1.807, 2.05) is 24.3 Å². The molecule has 1 N–H and O–H groups in total. The van der Waals surface area contributed by atoms with Gasteiger partial charge in [0.05, 0.1) is 0 Å². The molecular weight excluding hydrogens is 339 g/mol. The molecule has 1 aromatic rings. The summed E-state index contributed by atoms with van der Waals surface area (Å²) in [4.78, 5) is 11.8. The maximum absolute atomic E-state index is 12.0. The Balaban J connectivity index is 2.34. The third-order valence-corrected chi connectivity index (χ3v) is 4.15. The maximum Gasteiger partial charge on any atom is 0.471 e. The Kier molecular flexibility index (Phi) is 9.56. The molecule has 7 heteroatoms. The van der Waals surface area contributed by atoms with Crippen LogP contribution in [0, 0.1) is 0 Å². The molecule has 0 saturated heterocycles. The lowest BCUT2D eigenvalue weighted by atomic mass is 10.2. The number of hydrogen-bond donors (Lipinski definition) is 1. The molecule has 0 heterocycles. The molecule has 1 rings (SSSR count). The predicted molar refractivity (Wildman–Crippen MR) is 91.0 cm³/mol. The van der Waals surface area contributed by atoms with Gasteiger partial charge in [-0.1, -0.05) is 30.7 Å². The predicted octanol–water partition coefficient (Wildman–Crippen LogP) is 4.29. The summed E-state index contributed by atoms with van der Waals surface area (Å²) >= 11 is 1.75. The van der Waals surface area contributed by atoms with Crippen LogP contribution in [0.1, 0.15) is 24.8 Å². The van der Waals surface area contributed by atoms with Crippen molar-refractivity contribution in [3.8, 4) is 0 Å². The van der Waals surface area contributed by atoms with Crippen LogP contribution in [0.3, 0.4) is 0 Å². The lowest BCUT2D eigenvalue weighted by molar-refractivity contribution is -0.173. The van der Waals surface area contributed by atoms with E-state index in [0.29, 0.717) is 0 Å². The van der Waals surface area contributed by atoms with Crippen LogP contribution < -0.4 is 5.32 Å². The minimum absolute atomic E-state index is 0.158. The highest BCUT2D eigenvalue weighted by atomic mass is 32.2. The molecule has 0 radical (unpaired) electrons. The lowest BCUT2D eigenvalue weighted by Crippen LogP contribution is -2.36. The van der Waals surface area contributed by atoms with Crippen LogP contribution in [-0.4, -0.2) is 38.1 Å². The summed E-state index contributed by atoms with van der Waals surface area (Å²) < 4.78 is 41.1. The zero-order valence-electron chi connectivity index (χ0n) is 13.6. The van der Waals surface area contributed by atoms with Crippen LogP contribution in [0.25, 0.3) is 6.08 Å². The van der Waals surface area contributed by atoms with Crippen LogP contribution in [0.15, 0.2) is 35.2 Å². The SMILES string of the molecule is COCCCCCSc1cccc(C=CCNC(=O)C(F)(F)F)c1. The van der Waals surface area contributed by atoms with E-state index in [9.17, 15) is 18.0 Å². The van der Waals surface area contributed by atoms with Crippen molar-refractivity contribution in [3.05, 3.63) is 35.9 Å². The van der Waals surface area contributed by atoms with E-state index >= 15 is 0 Å². The van der Waals surface area contributed by atoms with Crippen LogP contribution in [0.5, 0.6) is 0 Å². The molecular formula is C17H22F3NO2S. The van der Waals surface area contributed by atoms with E-state index in [-0.39, 0.29) is 6.54 Å². The number of methoxy groups -OCH3 is 1. The van der Waals surface area contributed by atoms with Gasteiger partial charge in [-0.25, -0.2) is 0 Å². The molecule has 1 aromatic carbocycles. The van der Waals surface area contributed by atoms with Gasteiger partial charge in [-0.3, -0.25) is 4.79 Å². The van der Waals surface area contributed by atoms with E-state index in [4.69, 9.17) is 4.74 Å². The third-order valence-electron chi connectivity index (χ3n) is 3.07. The Morgan fingerprint density at radius 3 is 2.79 bits per heavy atom. The van der Waals surface area contributed by atoms with Crippen LogP contribution in [0.2, 0.25) is 0 Å². The summed E-state index contributed by atoms with van der Waals surface area (Å²) in [6.45, 7) is 0.630. The second-order valence-electron chi connectivity index (χ2n) is 5.08. The van der Waals surface area contributed by atoms with E-state index < -0.39 is 12.1 Å². The molecule has 134 valence electrons. The number of nitrogens with one attached hydrogen (secondary N) is 1. The van der Waals surface area contributed by atoms with Crippen molar-refractivity contribution in [1.29, 1.82) is 0 Å². The summed E-state index contributed by atoms with van der Waals surface area (Å²) in [5.74, 6) is -0.914. The van der Waals surface area contributed by atoms with Gasteiger partial charge in [0.1, 0.15) is 0 Å². The molecule has 0 aliphatic heterocycles. The van der Waals surface area contributed by atoms with Gasteiger partial charge in [-0.05, 0) is 36.3 Å². The van der Waals surface area contributed by atoms with Gasteiger partial charge in [-0.2, -0.15) is 13.2 Å². The van der Waals surface area contributed by atoms with E-state index in [0.717, 1.165) is 42.1 Å². The van der Waals surface area contributed by atoms with Crippen molar-refractivity contribution in [2.45, 2.75) is 30.3 Å². The molecule has 0 atom stereocenters. The summed E-state index contributed by atoms with van der Waals surface area (Å²) in [5, 5.41) is 1.80. The van der Waals surface area contributed by atoms with Gasteiger partial charge in [0.15, 0.2) is 0 Å². The quantitative estimate of drug-likeness (QED) is 0.499. The van der Waals surface area contributed by atoms with Gasteiger partial charge in [-0.15, -0.1) is 11.8 Å². The molecule has 0 fully saturated rings. The summed E-state index contributed by atoms with van der Waals surface area (Å²) in [7, 11) is 1.70. The minimum Gasteiger partial charge on any atom is -0.385 e. The fourth-order valence-electron chi connectivity index (χ4n) is 1.87. The molecule has 0 saturated carbocycles. The first-order valence-electron chi connectivity index (χ1n) is 7.67. The Bertz CT molecular complexity index is 533. The highest BCUT2D eigenvalue weighted by molar-refractivity contribution is 7.99. The number of carbonyl (C=O) groups excluding carboxylic acids is 1. The van der Waals surface area contributed by atoms with Gasteiger partial charge in [0, 0.05) is 25.2 Å². The summed E-state index contributed by atoms with van der Waals surface area (Å²) in [6, 6.07) is 7.75. The smallest absolute Gasteiger partial charge is 0.385 e. The normalized spacial score (nSPS) is 11.8. The molecule has 24 heavy (non-hydrogen) atoms.